The number of carboxylic acid groups (broad SMARTS) is 1. The minimum atomic E-state index is -1.04. The summed E-state index contributed by atoms with van der Waals surface area (Å²) in [6, 6.07) is 0. The highest BCUT2D eigenvalue weighted by atomic mass is 16.7. The maximum Gasteiger partial charge on any atom is 0.509 e. The van der Waals surface area contributed by atoms with Gasteiger partial charge >= 0.3 is 12.2 Å². The molecule has 1 aliphatic heterocycles. The Labute approximate surface area is 99.8 Å². The van der Waals surface area contributed by atoms with Gasteiger partial charge in [-0.1, -0.05) is 6.08 Å². The quantitative estimate of drug-likeness (QED) is 0.562. The largest absolute Gasteiger partial charge is 0.509 e. The zero-order valence-corrected chi connectivity index (χ0v) is 10.2. The van der Waals surface area contributed by atoms with Crippen LogP contribution in [0.15, 0.2) is 12.2 Å². The fourth-order valence-corrected chi connectivity index (χ4v) is 1.32. The summed E-state index contributed by atoms with van der Waals surface area (Å²) in [5.74, 6) is 0. The highest BCUT2D eigenvalue weighted by molar-refractivity contribution is 5.66. The summed E-state index contributed by atoms with van der Waals surface area (Å²) in [5, 5.41) is 8.80. The van der Waals surface area contributed by atoms with E-state index in [1.54, 1.807) is 32.9 Å². The highest BCUT2D eigenvalue weighted by Gasteiger charge is 2.25. The number of amides is 1. The van der Waals surface area contributed by atoms with E-state index in [4.69, 9.17) is 14.6 Å². The first-order chi connectivity index (χ1) is 7.78. The Morgan fingerprint density at radius 3 is 2.59 bits per heavy atom. The predicted octanol–water partition coefficient (Wildman–Crippen LogP) is 1.86. The molecule has 0 fully saturated rings. The number of hydrogen-bond donors (Lipinski definition) is 1. The smallest absolute Gasteiger partial charge is 0.465 e. The van der Waals surface area contributed by atoms with Crippen molar-refractivity contribution in [2.24, 2.45) is 0 Å². The van der Waals surface area contributed by atoms with Crippen LogP contribution < -0.4 is 0 Å². The molecule has 0 bridgehead atoms. The van der Waals surface area contributed by atoms with Crippen molar-refractivity contribution < 1.29 is 24.2 Å². The van der Waals surface area contributed by atoms with Crippen LogP contribution >= 0.6 is 0 Å². The minimum Gasteiger partial charge on any atom is -0.465 e. The molecule has 0 aromatic rings. The van der Waals surface area contributed by atoms with Crippen molar-refractivity contribution in [3.05, 3.63) is 12.2 Å². The summed E-state index contributed by atoms with van der Waals surface area (Å²) in [6.45, 7) is 5.63. The first-order valence-electron chi connectivity index (χ1n) is 5.32. The average Bonchev–Trinajstić information content (AvgIpc) is 2.14. The average molecular weight is 243 g/mol. The summed E-state index contributed by atoms with van der Waals surface area (Å²) in [4.78, 5) is 23.3. The summed E-state index contributed by atoms with van der Waals surface area (Å²) in [7, 11) is 0. The van der Waals surface area contributed by atoms with Gasteiger partial charge in [-0.25, -0.2) is 9.59 Å². The second kappa shape index (κ2) is 5.07. The number of rotatable bonds is 1. The SMILES string of the molecule is CC(C)(C)OC(=O)OC1C=CCN(C(=O)O)C1. The van der Waals surface area contributed by atoms with Gasteiger partial charge in [0, 0.05) is 6.54 Å². The summed E-state index contributed by atoms with van der Waals surface area (Å²) >= 11 is 0. The third kappa shape index (κ3) is 4.76. The molecule has 96 valence electrons. The van der Waals surface area contributed by atoms with Crippen molar-refractivity contribution in [1.82, 2.24) is 4.90 Å². The monoisotopic (exact) mass is 243 g/mol. The molecule has 0 radical (unpaired) electrons. The lowest BCUT2D eigenvalue weighted by molar-refractivity contribution is -0.0237. The van der Waals surface area contributed by atoms with E-state index in [1.165, 1.54) is 0 Å². The number of hydrogen-bond acceptors (Lipinski definition) is 4. The van der Waals surface area contributed by atoms with Crippen molar-refractivity contribution in [1.29, 1.82) is 0 Å². The first-order valence-corrected chi connectivity index (χ1v) is 5.32. The molecule has 0 aliphatic carbocycles. The molecule has 1 amide bonds. The molecule has 1 unspecified atom stereocenters. The molecule has 6 heteroatoms. The molecular weight excluding hydrogens is 226 g/mol. The molecule has 17 heavy (non-hydrogen) atoms. The van der Waals surface area contributed by atoms with Gasteiger partial charge in [0.05, 0.1) is 6.54 Å². The maximum absolute atomic E-state index is 11.4. The van der Waals surface area contributed by atoms with Gasteiger partial charge in [0.15, 0.2) is 0 Å². The van der Waals surface area contributed by atoms with Crippen molar-refractivity contribution in [3.63, 3.8) is 0 Å². The molecule has 1 rings (SSSR count). The minimum absolute atomic E-state index is 0.130. The number of nitrogens with zero attached hydrogens (tertiary/aromatic N) is 1. The van der Waals surface area contributed by atoms with Crippen LogP contribution in [-0.4, -0.2) is 47.0 Å². The van der Waals surface area contributed by atoms with Gasteiger partial charge in [0.2, 0.25) is 0 Å². The van der Waals surface area contributed by atoms with Gasteiger partial charge in [-0.05, 0) is 26.8 Å². The normalized spacial score (nSPS) is 19.9. The number of carbonyl (C=O) groups excluding carboxylic acids is 1. The second-order valence-electron chi connectivity index (χ2n) is 4.74. The predicted molar refractivity (Wildman–Crippen MR) is 59.8 cm³/mol. The summed E-state index contributed by atoms with van der Waals surface area (Å²) < 4.78 is 9.97. The van der Waals surface area contributed by atoms with Crippen molar-refractivity contribution in [2.75, 3.05) is 13.1 Å². The van der Waals surface area contributed by atoms with Gasteiger partial charge in [0.1, 0.15) is 11.7 Å². The van der Waals surface area contributed by atoms with Crippen LogP contribution in [0, 0.1) is 0 Å². The molecule has 6 nitrogen and oxygen atoms in total. The van der Waals surface area contributed by atoms with E-state index in [0.29, 0.717) is 6.54 Å². The van der Waals surface area contributed by atoms with Crippen LogP contribution in [0.25, 0.3) is 0 Å². The Balaban J connectivity index is 2.47. The lowest BCUT2D eigenvalue weighted by Gasteiger charge is -2.27. The zero-order valence-electron chi connectivity index (χ0n) is 10.2. The Hall–Kier alpha value is -1.72. The number of ether oxygens (including phenoxy) is 2. The lowest BCUT2D eigenvalue weighted by Crippen LogP contribution is -2.41. The van der Waals surface area contributed by atoms with Crippen molar-refractivity contribution in [3.8, 4) is 0 Å². The Bertz CT molecular complexity index is 331. The fourth-order valence-electron chi connectivity index (χ4n) is 1.32. The molecule has 1 aliphatic rings. The summed E-state index contributed by atoms with van der Waals surface area (Å²) in [5.41, 5.74) is -0.623. The summed E-state index contributed by atoms with van der Waals surface area (Å²) in [6.07, 6.45) is 0.886. The van der Waals surface area contributed by atoms with Crippen LogP contribution in [0.1, 0.15) is 20.8 Å². The van der Waals surface area contributed by atoms with E-state index in [1.807, 2.05) is 0 Å². The van der Waals surface area contributed by atoms with Crippen LogP contribution in [0.3, 0.4) is 0 Å². The van der Waals surface area contributed by atoms with Gasteiger partial charge in [0.25, 0.3) is 0 Å². The Kier molecular flexibility index (Phi) is 3.98. The van der Waals surface area contributed by atoms with Crippen molar-refractivity contribution in [2.45, 2.75) is 32.5 Å². The van der Waals surface area contributed by atoms with Crippen LogP contribution in [0.5, 0.6) is 0 Å². The van der Waals surface area contributed by atoms with E-state index in [-0.39, 0.29) is 6.54 Å². The molecular formula is C11H17NO5. The van der Waals surface area contributed by atoms with Crippen LogP contribution in [-0.2, 0) is 9.47 Å². The Morgan fingerprint density at radius 2 is 2.06 bits per heavy atom. The maximum atomic E-state index is 11.4. The zero-order chi connectivity index (χ0) is 13.1. The molecule has 1 heterocycles. The number of carbonyl (C=O) groups is 2. The van der Waals surface area contributed by atoms with E-state index in [0.717, 1.165) is 4.90 Å². The van der Waals surface area contributed by atoms with Gasteiger partial charge in [-0.3, -0.25) is 0 Å². The van der Waals surface area contributed by atoms with Crippen LogP contribution in [0.2, 0.25) is 0 Å². The first kappa shape index (κ1) is 13.3. The Morgan fingerprint density at radius 1 is 1.41 bits per heavy atom. The molecule has 1 atom stereocenters. The second-order valence-corrected chi connectivity index (χ2v) is 4.74. The fraction of sp³-hybridized carbons (Fsp3) is 0.636. The molecule has 0 aromatic heterocycles. The standard InChI is InChI=1S/C11H17NO5/c1-11(2,3)17-10(15)16-8-5-4-6-12(7-8)9(13)14/h4-5,8H,6-7H2,1-3H3,(H,13,14). The third-order valence-corrected chi connectivity index (χ3v) is 1.98. The van der Waals surface area contributed by atoms with Gasteiger partial charge < -0.3 is 19.5 Å². The van der Waals surface area contributed by atoms with Gasteiger partial charge in [-0.15, -0.1) is 0 Å². The molecule has 0 saturated heterocycles. The lowest BCUT2D eigenvalue weighted by atomic mass is 10.2. The van der Waals surface area contributed by atoms with Gasteiger partial charge in [-0.2, -0.15) is 0 Å². The van der Waals surface area contributed by atoms with Crippen molar-refractivity contribution >= 4 is 12.2 Å². The highest BCUT2D eigenvalue weighted by Crippen LogP contribution is 2.12. The van der Waals surface area contributed by atoms with E-state index < -0.39 is 24.0 Å². The molecule has 0 aromatic carbocycles. The molecule has 0 spiro atoms. The van der Waals surface area contributed by atoms with Crippen LogP contribution in [0.4, 0.5) is 9.59 Å². The van der Waals surface area contributed by atoms with E-state index in [9.17, 15) is 9.59 Å². The topological polar surface area (TPSA) is 76.1 Å². The molecule has 1 N–H and O–H groups in total. The third-order valence-electron chi connectivity index (χ3n) is 1.98. The van der Waals surface area contributed by atoms with E-state index in [2.05, 4.69) is 0 Å². The van der Waals surface area contributed by atoms with E-state index >= 15 is 0 Å². The molecule has 0 saturated carbocycles.